The minimum absolute atomic E-state index is 0.0834. The van der Waals surface area contributed by atoms with E-state index in [0.29, 0.717) is 11.4 Å². The van der Waals surface area contributed by atoms with Crippen molar-refractivity contribution in [3.05, 3.63) is 62.6 Å². The van der Waals surface area contributed by atoms with Crippen molar-refractivity contribution < 1.29 is 14.5 Å². The van der Waals surface area contributed by atoms with Crippen LogP contribution < -0.4 is 10.1 Å². The first-order chi connectivity index (χ1) is 13.5. The van der Waals surface area contributed by atoms with Crippen molar-refractivity contribution in [3.63, 3.8) is 0 Å². The average molecular weight is 448 g/mol. The molecule has 1 aliphatic rings. The number of methoxy groups -OCH3 is 1. The second kappa shape index (κ2) is 9.16. The zero-order valence-electron chi connectivity index (χ0n) is 15.6. The summed E-state index contributed by atoms with van der Waals surface area (Å²) in [6.07, 6.45) is 1.49. The third-order valence-corrected chi connectivity index (χ3v) is 5.40. The molecule has 0 atom stereocenters. The highest BCUT2D eigenvalue weighted by Gasteiger charge is 2.26. The summed E-state index contributed by atoms with van der Waals surface area (Å²) in [6.45, 7) is 2.51. The largest absolute Gasteiger partial charge is 0.495 e. The van der Waals surface area contributed by atoms with Gasteiger partial charge in [0.2, 0.25) is 5.91 Å². The number of hydrogen-bond donors (Lipinski definition) is 1. The number of nitro groups is 1. The smallest absolute Gasteiger partial charge is 0.271 e. The molecule has 0 aromatic heterocycles. The van der Waals surface area contributed by atoms with Crippen LogP contribution >= 0.6 is 15.9 Å². The number of anilines is 1. The Hall–Kier alpha value is -2.45. The van der Waals surface area contributed by atoms with Crippen molar-refractivity contribution >= 4 is 33.2 Å². The molecule has 0 unspecified atom stereocenters. The van der Waals surface area contributed by atoms with Crippen molar-refractivity contribution in [2.75, 3.05) is 25.5 Å². The molecule has 2 aromatic rings. The number of halogens is 1. The van der Waals surface area contributed by atoms with Crippen LogP contribution in [-0.2, 0) is 11.3 Å². The first-order valence-electron chi connectivity index (χ1n) is 9.06. The molecule has 1 saturated heterocycles. The summed E-state index contributed by atoms with van der Waals surface area (Å²) < 4.78 is 6.27. The van der Waals surface area contributed by atoms with E-state index in [1.54, 1.807) is 0 Å². The van der Waals surface area contributed by atoms with E-state index < -0.39 is 4.92 Å². The minimum atomic E-state index is -0.491. The molecule has 0 aliphatic carbocycles. The highest BCUT2D eigenvalue weighted by Crippen LogP contribution is 2.30. The van der Waals surface area contributed by atoms with E-state index in [2.05, 4.69) is 38.3 Å². The molecule has 2 aromatic carbocycles. The lowest BCUT2D eigenvalue weighted by Gasteiger charge is -2.31. The second-order valence-electron chi connectivity index (χ2n) is 6.81. The molecule has 1 amide bonds. The van der Waals surface area contributed by atoms with Gasteiger partial charge in [0.25, 0.3) is 5.69 Å². The van der Waals surface area contributed by atoms with Gasteiger partial charge in [-0.2, -0.15) is 0 Å². The summed E-state index contributed by atoms with van der Waals surface area (Å²) in [7, 11) is 1.47. The normalized spacial score (nSPS) is 15.2. The number of non-ortho nitro benzene ring substituents is 1. The van der Waals surface area contributed by atoms with Gasteiger partial charge in [0.15, 0.2) is 0 Å². The first kappa shape index (κ1) is 20.3. The van der Waals surface area contributed by atoms with Crippen LogP contribution in [0.1, 0.15) is 18.4 Å². The number of piperidine rings is 1. The predicted molar refractivity (Wildman–Crippen MR) is 110 cm³/mol. The highest BCUT2D eigenvalue weighted by atomic mass is 79.9. The molecule has 148 valence electrons. The first-order valence-corrected chi connectivity index (χ1v) is 9.85. The zero-order chi connectivity index (χ0) is 20.1. The van der Waals surface area contributed by atoms with Crippen LogP contribution in [-0.4, -0.2) is 35.9 Å². The molecule has 3 rings (SSSR count). The number of nitrogens with one attached hydrogen (secondary N) is 1. The Morgan fingerprint density at radius 1 is 1.29 bits per heavy atom. The topological polar surface area (TPSA) is 84.7 Å². The number of hydrogen-bond acceptors (Lipinski definition) is 5. The van der Waals surface area contributed by atoms with Gasteiger partial charge >= 0.3 is 0 Å². The number of nitrogens with zero attached hydrogens (tertiary/aromatic N) is 2. The molecule has 1 N–H and O–H groups in total. The van der Waals surface area contributed by atoms with E-state index in [1.807, 2.05) is 12.1 Å². The van der Waals surface area contributed by atoms with Crippen molar-refractivity contribution in [2.24, 2.45) is 5.92 Å². The van der Waals surface area contributed by atoms with Gasteiger partial charge in [-0.3, -0.25) is 19.8 Å². The SMILES string of the molecule is COc1ccc([N+](=O)[O-])cc1NC(=O)C1CCN(Cc2cccc(Br)c2)CC1. The third-order valence-electron chi connectivity index (χ3n) is 4.91. The Balaban J connectivity index is 1.58. The Labute approximate surface area is 172 Å². The summed E-state index contributed by atoms with van der Waals surface area (Å²) in [5, 5.41) is 13.8. The maximum Gasteiger partial charge on any atom is 0.271 e. The van der Waals surface area contributed by atoms with Crippen molar-refractivity contribution in [1.29, 1.82) is 0 Å². The van der Waals surface area contributed by atoms with Crippen molar-refractivity contribution in [3.8, 4) is 5.75 Å². The fraction of sp³-hybridized carbons (Fsp3) is 0.350. The standard InChI is InChI=1S/C20H22BrN3O4/c1-28-19-6-5-17(24(26)27)12-18(19)22-20(25)15-7-9-23(10-8-15)13-14-3-2-4-16(21)11-14/h2-6,11-12,15H,7-10,13H2,1H3,(H,22,25). The monoisotopic (exact) mass is 447 g/mol. The van der Waals surface area contributed by atoms with Crippen LogP contribution in [0.2, 0.25) is 0 Å². The summed E-state index contributed by atoms with van der Waals surface area (Å²) in [5.74, 6) is 0.162. The maximum atomic E-state index is 12.7. The molecule has 0 saturated carbocycles. The van der Waals surface area contributed by atoms with Gasteiger partial charge in [-0.1, -0.05) is 28.1 Å². The Morgan fingerprint density at radius 3 is 2.68 bits per heavy atom. The van der Waals surface area contributed by atoms with Gasteiger partial charge in [0.05, 0.1) is 17.7 Å². The van der Waals surface area contributed by atoms with Gasteiger partial charge in [-0.25, -0.2) is 0 Å². The molecular formula is C20H22BrN3O4. The summed E-state index contributed by atoms with van der Waals surface area (Å²) in [4.78, 5) is 25.5. The van der Waals surface area contributed by atoms with Crippen LogP contribution in [0.15, 0.2) is 46.9 Å². The van der Waals surface area contributed by atoms with Gasteiger partial charge in [-0.05, 0) is 49.7 Å². The zero-order valence-corrected chi connectivity index (χ0v) is 17.1. The maximum absolute atomic E-state index is 12.7. The van der Waals surface area contributed by atoms with Crippen LogP contribution in [0.4, 0.5) is 11.4 Å². The fourth-order valence-corrected chi connectivity index (χ4v) is 3.84. The number of nitro benzene ring substituents is 1. The molecule has 0 spiro atoms. The number of carbonyl (C=O) groups is 1. The molecule has 7 nitrogen and oxygen atoms in total. The van der Waals surface area contributed by atoms with Crippen LogP contribution in [0.3, 0.4) is 0 Å². The lowest BCUT2D eigenvalue weighted by Crippen LogP contribution is -2.37. The average Bonchev–Trinajstić information content (AvgIpc) is 2.68. The van der Waals surface area contributed by atoms with E-state index in [-0.39, 0.29) is 17.5 Å². The Morgan fingerprint density at radius 2 is 2.04 bits per heavy atom. The van der Waals surface area contributed by atoms with E-state index in [4.69, 9.17) is 4.74 Å². The fourth-order valence-electron chi connectivity index (χ4n) is 3.39. The summed E-state index contributed by atoms with van der Waals surface area (Å²) >= 11 is 3.49. The van der Waals surface area contributed by atoms with E-state index >= 15 is 0 Å². The molecule has 0 bridgehead atoms. The number of benzene rings is 2. The lowest BCUT2D eigenvalue weighted by molar-refractivity contribution is -0.384. The molecule has 8 heteroatoms. The Kier molecular flexibility index (Phi) is 6.64. The predicted octanol–water partition coefficient (Wildman–Crippen LogP) is 4.22. The highest BCUT2D eigenvalue weighted by molar-refractivity contribution is 9.10. The van der Waals surface area contributed by atoms with Crippen molar-refractivity contribution in [2.45, 2.75) is 19.4 Å². The number of likely N-dealkylation sites (tertiary alicyclic amines) is 1. The van der Waals surface area contributed by atoms with Crippen molar-refractivity contribution in [1.82, 2.24) is 4.90 Å². The molecule has 28 heavy (non-hydrogen) atoms. The van der Waals surface area contributed by atoms with Gasteiger partial charge in [-0.15, -0.1) is 0 Å². The van der Waals surface area contributed by atoms with Gasteiger partial charge < -0.3 is 10.1 Å². The van der Waals surface area contributed by atoms with Crippen LogP contribution in [0, 0.1) is 16.0 Å². The summed E-state index contributed by atoms with van der Waals surface area (Å²) in [6, 6.07) is 12.4. The van der Waals surface area contributed by atoms with E-state index in [1.165, 1.54) is 30.9 Å². The van der Waals surface area contributed by atoms with Crippen LogP contribution in [0.25, 0.3) is 0 Å². The molecule has 1 aliphatic heterocycles. The Bertz CT molecular complexity index is 866. The minimum Gasteiger partial charge on any atom is -0.495 e. The second-order valence-corrected chi connectivity index (χ2v) is 7.73. The van der Waals surface area contributed by atoms with Crippen LogP contribution in [0.5, 0.6) is 5.75 Å². The molecule has 0 radical (unpaired) electrons. The van der Waals surface area contributed by atoms with Gasteiger partial charge in [0.1, 0.15) is 5.75 Å². The number of carbonyl (C=O) groups excluding carboxylic acids is 1. The molecule has 1 fully saturated rings. The van der Waals surface area contributed by atoms with E-state index in [0.717, 1.165) is 36.9 Å². The molecular weight excluding hydrogens is 426 g/mol. The number of amides is 1. The van der Waals surface area contributed by atoms with Gasteiger partial charge in [0, 0.05) is 29.1 Å². The summed E-state index contributed by atoms with van der Waals surface area (Å²) in [5.41, 5.74) is 1.48. The number of rotatable bonds is 6. The third kappa shape index (κ3) is 5.08. The van der Waals surface area contributed by atoms with E-state index in [9.17, 15) is 14.9 Å². The molecule has 1 heterocycles. The quantitative estimate of drug-likeness (QED) is 0.529. The number of ether oxygens (including phenoxy) is 1. The lowest BCUT2D eigenvalue weighted by atomic mass is 9.95.